The van der Waals surface area contributed by atoms with Gasteiger partial charge >= 0.3 is 0 Å². The molecule has 0 spiro atoms. The number of carbonyl (C=O) groups excluding carboxylic acids is 1. The van der Waals surface area contributed by atoms with Gasteiger partial charge in [-0.05, 0) is 24.3 Å². The van der Waals surface area contributed by atoms with Gasteiger partial charge < -0.3 is 9.64 Å². The summed E-state index contributed by atoms with van der Waals surface area (Å²) in [6.07, 6.45) is 0. The third-order valence-corrected chi connectivity index (χ3v) is 4.77. The van der Waals surface area contributed by atoms with Gasteiger partial charge in [-0.15, -0.1) is 0 Å². The molecule has 0 N–H and O–H groups in total. The summed E-state index contributed by atoms with van der Waals surface area (Å²) in [5.41, 5.74) is 0.947. The molecule has 0 fully saturated rings. The fourth-order valence-corrected chi connectivity index (χ4v) is 3.49. The number of thioether (sulfide) groups is 1. The van der Waals surface area contributed by atoms with Crippen molar-refractivity contribution in [3.8, 4) is 11.8 Å². The molecule has 0 aromatic heterocycles. The molecule has 2 aromatic rings. The van der Waals surface area contributed by atoms with Gasteiger partial charge in [-0.25, -0.2) is 4.39 Å². The second kappa shape index (κ2) is 6.77. The van der Waals surface area contributed by atoms with E-state index in [-0.39, 0.29) is 11.3 Å². The molecule has 2 aromatic carbocycles. The minimum Gasteiger partial charge on any atom is -0.482 e. The van der Waals surface area contributed by atoms with Crippen LogP contribution in [0, 0.1) is 17.1 Å². The maximum atomic E-state index is 13.5. The summed E-state index contributed by atoms with van der Waals surface area (Å²) in [5, 5.41) is 9.96. The molecule has 6 heteroatoms. The number of nitriles is 1. The largest absolute Gasteiger partial charge is 0.482 e. The molecule has 0 amide bonds. The van der Waals surface area contributed by atoms with Crippen molar-refractivity contribution in [3.63, 3.8) is 0 Å². The zero-order valence-corrected chi connectivity index (χ0v) is 13.6. The zero-order valence-electron chi connectivity index (χ0n) is 12.8. The van der Waals surface area contributed by atoms with Gasteiger partial charge in [-0.3, -0.25) is 4.79 Å². The van der Waals surface area contributed by atoms with Crippen molar-refractivity contribution in [3.05, 3.63) is 65.0 Å². The van der Waals surface area contributed by atoms with Gasteiger partial charge in [0.25, 0.3) is 0 Å². The Labute approximate surface area is 143 Å². The van der Waals surface area contributed by atoms with Crippen molar-refractivity contribution in [2.75, 3.05) is 18.6 Å². The summed E-state index contributed by atoms with van der Waals surface area (Å²) in [6, 6.07) is 15.4. The summed E-state index contributed by atoms with van der Waals surface area (Å²) in [5.74, 6) is -1.04. The summed E-state index contributed by atoms with van der Waals surface area (Å²) >= 11 is 1.36. The number of fused-ring (bicyclic) bond motifs is 1. The smallest absolute Gasteiger partial charge is 0.213 e. The molecule has 120 valence electrons. The van der Waals surface area contributed by atoms with Crippen LogP contribution in [0.1, 0.15) is 0 Å². The minimum absolute atomic E-state index is 0.00930. The Morgan fingerprint density at radius 2 is 1.96 bits per heavy atom. The lowest BCUT2D eigenvalue weighted by Crippen LogP contribution is -2.19. The molecule has 1 aliphatic rings. The maximum Gasteiger partial charge on any atom is 0.213 e. The Balaban J connectivity index is 1.81. The van der Waals surface area contributed by atoms with Crippen molar-refractivity contribution in [2.45, 2.75) is 4.90 Å². The standard InChI is InChI=1S/C18H13FN2O2S/c1-21-14-7-3-5-9-17(14)24-18(21)12(10-20)15(22)11-23-16-8-4-2-6-13(16)19/h2-9H,11H2,1H3/b18-12-. The van der Waals surface area contributed by atoms with E-state index in [1.807, 2.05) is 30.3 Å². The number of Topliss-reactive ketones (excluding diaryl/α,β-unsaturated/α-hetero) is 1. The van der Waals surface area contributed by atoms with E-state index >= 15 is 0 Å². The fourth-order valence-electron chi connectivity index (χ4n) is 2.33. The molecule has 24 heavy (non-hydrogen) atoms. The van der Waals surface area contributed by atoms with Crippen molar-refractivity contribution in [2.24, 2.45) is 0 Å². The first-order valence-corrected chi connectivity index (χ1v) is 7.99. The lowest BCUT2D eigenvalue weighted by atomic mass is 10.2. The lowest BCUT2D eigenvalue weighted by Gasteiger charge is -2.15. The van der Waals surface area contributed by atoms with Crippen LogP contribution in [0.2, 0.25) is 0 Å². The Morgan fingerprint density at radius 3 is 2.67 bits per heavy atom. The number of anilines is 1. The summed E-state index contributed by atoms with van der Waals surface area (Å²) in [6.45, 7) is -0.391. The van der Waals surface area contributed by atoms with E-state index < -0.39 is 18.2 Å². The van der Waals surface area contributed by atoms with Gasteiger partial charge in [0.15, 0.2) is 18.2 Å². The van der Waals surface area contributed by atoms with Crippen LogP contribution in [0.3, 0.4) is 0 Å². The van der Waals surface area contributed by atoms with E-state index in [4.69, 9.17) is 4.74 Å². The number of rotatable bonds is 4. The van der Waals surface area contributed by atoms with Crippen LogP contribution >= 0.6 is 11.8 Å². The highest BCUT2D eigenvalue weighted by Gasteiger charge is 2.28. The third kappa shape index (κ3) is 2.99. The Bertz CT molecular complexity index is 873. The second-order valence-corrected chi connectivity index (χ2v) is 6.09. The van der Waals surface area contributed by atoms with Crippen LogP contribution in [-0.2, 0) is 4.79 Å². The van der Waals surface area contributed by atoms with Gasteiger partial charge in [0.2, 0.25) is 5.78 Å². The number of hydrogen-bond donors (Lipinski definition) is 0. The lowest BCUT2D eigenvalue weighted by molar-refractivity contribution is -0.117. The molecule has 4 nitrogen and oxygen atoms in total. The molecule has 0 atom stereocenters. The number of hydrogen-bond acceptors (Lipinski definition) is 5. The first kappa shape index (κ1) is 16.1. The first-order chi connectivity index (χ1) is 11.6. The molecular weight excluding hydrogens is 327 g/mol. The number of ketones is 1. The average Bonchev–Trinajstić information content (AvgIpc) is 2.92. The van der Waals surface area contributed by atoms with Crippen LogP contribution in [0.15, 0.2) is 64.0 Å². The summed E-state index contributed by atoms with van der Waals surface area (Å²) in [4.78, 5) is 15.2. The molecule has 3 rings (SSSR count). The molecule has 0 unspecified atom stereocenters. The molecule has 1 aliphatic heterocycles. The zero-order chi connectivity index (χ0) is 17.1. The van der Waals surface area contributed by atoms with Gasteiger partial charge in [0.05, 0.1) is 5.69 Å². The fraction of sp³-hybridized carbons (Fsp3) is 0.111. The molecule has 1 heterocycles. The quantitative estimate of drug-likeness (QED) is 0.627. The third-order valence-electron chi connectivity index (χ3n) is 3.54. The van der Waals surface area contributed by atoms with Crippen LogP contribution in [0.5, 0.6) is 5.75 Å². The Morgan fingerprint density at radius 1 is 1.25 bits per heavy atom. The molecule has 0 saturated carbocycles. The SMILES string of the molecule is CN1/C(=C(\C#N)C(=O)COc2ccccc2F)Sc2ccccc21. The van der Waals surface area contributed by atoms with Crippen LogP contribution in [-0.4, -0.2) is 19.4 Å². The highest BCUT2D eigenvalue weighted by Crippen LogP contribution is 2.46. The Kier molecular flexibility index (Phi) is 4.54. The van der Waals surface area contributed by atoms with Crippen molar-refractivity contribution in [1.82, 2.24) is 0 Å². The topological polar surface area (TPSA) is 53.3 Å². The molecule has 0 bridgehead atoms. The van der Waals surface area contributed by atoms with Gasteiger partial charge in [-0.2, -0.15) is 5.26 Å². The van der Waals surface area contributed by atoms with E-state index in [9.17, 15) is 14.4 Å². The number of carbonyl (C=O) groups is 1. The minimum atomic E-state index is -0.545. The van der Waals surface area contributed by atoms with Gasteiger partial charge in [-0.1, -0.05) is 36.0 Å². The normalized spacial score (nSPS) is 14.8. The number of nitrogens with zero attached hydrogens (tertiary/aromatic N) is 2. The number of halogens is 1. The average molecular weight is 340 g/mol. The molecular formula is C18H13FN2O2S. The number of para-hydroxylation sites is 2. The number of benzene rings is 2. The van der Waals surface area contributed by atoms with E-state index in [0.717, 1.165) is 10.6 Å². The van der Waals surface area contributed by atoms with E-state index in [1.165, 1.54) is 30.0 Å². The summed E-state index contributed by atoms with van der Waals surface area (Å²) < 4.78 is 18.8. The molecule has 0 radical (unpaired) electrons. The number of ether oxygens (including phenoxy) is 1. The molecule has 0 aliphatic carbocycles. The van der Waals surface area contributed by atoms with Crippen molar-refractivity contribution in [1.29, 1.82) is 5.26 Å². The second-order valence-electron chi connectivity index (χ2n) is 5.06. The molecule has 0 saturated heterocycles. The van der Waals surface area contributed by atoms with Crippen LogP contribution in [0.25, 0.3) is 0 Å². The predicted octanol–water partition coefficient (Wildman–Crippen LogP) is 3.75. The predicted molar refractivity (Wildman–Crippen MR) is 90.2 cm³/mol. The monoisotopic (exact) mass is 340 g/mol. The van der Waals surface area contributed by atoms with Gasteiger partial charge in [0.1, 0.15) is 16.7 Å². The summed E-state index contributed by atoms with van der Waals surface area (Å²) in [7, 11) is 1.80. The van der Waals surface area contributed by atoms with Crippen LogP contribution < -0.4 is 9.64 Å². The van der Waals surface area contributed by atoms with E-state index in [1.54, 1.807) is 18.0 Å². The first-order valence-electron chi connectivity index (χ1n) is 7.17. The Hall–Kier alpha value is -2.78. The highest BCUT2D eigenvalue weighted by atomic mass is 32.2. The maximum absolute atomic E-state index is 13.5. The van der Waals surface area contributed by atoms with E-state index in [0.29, 0.717) is 5.03 Å². The van der Waals surface area contributed by atoms with Gasteiger partial charge in [0, 0.05) is 11.9 Å². The van der Waals surface area contributed by atoms with Crippen LogP contribution in [0.4, 0.5) is 10.1 Å². The highest BCUT2D eigenvalue weighted by molar-refractivity contribution is 8.03. The van der Waals surface area contributed by atoms with Crippen molar-refractivity contribution >= 4 is 23.2 Å². The van der Waals surface area contributed by atoms with Crippen molar-refractivity contribution < 1.29 is 13.9 Å². The van der Waals surface area contributed by atoms with E-state index in [2.05, 4.69) is 0 Å².